The van der Waals surface area contributed by atoms with Crippen LogP contribution in [0.15, 0.2) is 24.3 Å². The zero-order valence-electron chi connectivity index (χ0n) is 17.6. The molecule has 0 unspecified atom stereocenters. The van der Waals surface area contributed by atoms with Crippen molar-refractivity contribution in [2.75, 3.05) is 53.6 Å². The minimum atomic E-state index is -0.231. The van der Waals surface area contributed by atoms with Crippen molar-refractivity contribution >= 4 is 11.8 Å². The fourth-order valence-electron chi connectivity index (χ4n) is 4.24. The molecule has 2 heterocycles. The van der Waals surface area contributed by atoms with Gasteiger partial charge < -0.3 is 19.7 Å². The average Bonchev–Trinajstić information content (AvgIpc) is 3.18. The second-order valence-electron chi connectivity index (χ2n) is 8.01. The smallest absolute Gasteiger partial charge is 0.228 e. The number of ether oxygens (including phenoxy) is 2. The number of nitrogens with zero attached hydrogens (tertiary/aromatic N) is 2. The summed E-state index contributed by atoms with van der Waals surface area (Å²) in [5, 5.41) is 2.77. The molecule has 2 aliphatic heterocycles. The standard InChI is InChI=1S/C22H33N3O4/c1-28-12-11-25(22(27)19-13-21(26)23-14-19)15-17-7-9-24(10-8-17)16-18-5-3-4-6-20(18)29-2/h3-6,17,19H,7-16H2,1-2H3,(H,23,26)/t19-/m1/s1. The lowest BCUT2D eigenvalue weighted by atomic mass is 9.95. The van der Waals surface area contributed by atoms with Crippen LogP contribution in [0, 0.1) is 11.8 Å². The molecule has 0 radical (unpaired) electrons. The highest BCUT2D eigenvalue weighted by molar-refractivity contribution is 5.89. The zero-order valence-corrected chi connectivity index (χ0v) is 17.6. The van der Waals surface area contributed by atoms with E-state index in [4.69, 9.17) is 9.47 Å². The molecule has 0 aromatic heterocycles. The lowest BCUT2D eigenvalue weighted by molar-refractivity contribution is -0.137. The van der Waals surface area contributed by atoms with Gasteiger partial charge in [0, 0.05) is 45.3 Å². The van der Waals surface area contributed by atoms with Crippen molar-refractivity contribution in [1.82, 2.24) is 15.1 Å². The summed E-state index contributed by atoms with van der Waals surface area (Å²) in [7, 11) is 3.36. The first-order valence-electron chi connectivity index (χ1n) is 10.5. The van der Waals surface area contributed by atoms with Gasteiger partial charge in [0.15, 0.2) is 0 Å². The maximum Gasteiger partial charge on any atom is 0.228 e. The molecule has 0 spiro atoms. The SMILES string of the molecule is COCCN(CC1CCN(Cc2ccccc2OC)CC1)C(=O)[C@H]1CNC(=O)C1. The first-order valence-corrected chi connectivity index (χ1v) is 10.5. The van der Waals surface area contributed by atoms with Gasteiger partial charge in [-0.1, -0.05) is 18.2 Å². The van der Waals surface area contributed by atoms with Crippen molar-refractivity contribution in [3.05, 3.63) is 29.8 Å². The van der Waals surface area contributed by atoms with Crippen molar-refractivity contribution in [2.45, 2.75) is 25.8 Å². The summed E-state index contributed by atoms with van der Waals surface area (Å²) in [6.45, 7) is 5.22. The Kier molecular flexibility index (Phi) is 7.89. The average molecular weight is 404 g/mol. The highest BCUT2D eigenvalue weighted by atomic mass is 16.5. The van der Waals surface area contributed by atoms with E-state index in [1.54, 1.807) is 14.2 Å². The van der Waals surface area contributed by atoms with E-state index in [1.165, 1.54) is 5.56 Å². The highest BCUT2D eigenvalue weighted by Gasteiger charge is 2.32. The number of carbonyl (C=O) groups excluding carboxylic acids is 2. The number of likely N-dealkylation sites (tertiary alicyclic amines) is 1. The van der Waals surface area contributed by atoms with Gasteiger partial charge in [0.1, 0.15) is 5.75 Å². The third-order valence-electron chi connectivity index (χ3n) is 5.98. The largest absolute Gasteiger partial charge is 0.496 e. The Morgan fingerprint density at radius 2 is 2.00 bits per heavy atom. The van der Waals surface area contributed by atoms with Gasteiger partial charge in [0.25, 0.3) is 0 Å². The number of nitrogens with one attached hydrogen (secondary N) is 1. The number of carbonyl (C=O) groups is 2. The predicted molar refractivity (Wildman–Crippen MR) is 111 cm³/mol. The molecule has 1 aromatic carbocycles. The van der Waals surface area contributed by atoms with Gasteiger partial charge in [-0.15, -0.1) is 0 Å². The predicted octanol–water partition coefficient (Wildman–Crippen LogP) is 1.52. The number of methoxy groups -OCH3 is 2. The van der Waals surface area contributed by atoms with Crippen LogP contribution in [0.3, 0.4) is 0 Å². The molecule has 7 heteroatoms. The molecular formula is C22H33N3O4. The van der Waals surface area contributed by atoms with Gasteiger partial charge in [-0.05, 0) is 37.9 Å². The Bertz CT molecular complexity index is 688. The molecule has 29 heavy (non-hydrogen) atoms. The molecule has 1 atom stereocenters. The summed E-state index contributed by atoms with van der Waals surface area (Å²) in [6.07, 6.45) is 2.43. The van der Waals surface area contributed by atoms with Crippen LogP contribution in [-0.4, -0.2) is 75.2 Å². The van der Waals surface area contributed by atoms with Crippen molar-refractivity contribution < 1.29 is 19.1 Å². The van der Waals surface area contributed by atoms with Crippen LogP contribution in [0.1, 0.15) is 24.8 Å². The van der Waals surface area contributed by atoms with Crippen molar-refractivity contribution in [3.63, 3.8) is 0 Å². The molecule has 1 N–H and O–H groups in total. The number of rotatable bonds is 9. The van der Waals surface area contributed by atoms with E-state index < -0.39 is 0 Å². The molecule has 0 bridgehead atoms. The minimum absolute atomic E-state index is 0.0281. The number of piperidine rings is 1. The maximum atomic E-state index is 12.9. The molecule has 2 fully saturated rings. The quantitative estimate of drug-likeness (QED) is 0.677. The number of hydrogen-bond acceptors (Lipinski definition) is 5. The van der Waals surface area contributed by atoms with E-state index in [0.29, 0.717) is 32.0 Å². The summed E-state index contributed by atoms with van der Waals surface area (Å²) in [4.78, 5) is 28.8. The molecule has 2 saturated heterocycles. The van der Waals surface area contributed by atoms with Gasteiger partial charge in [0.05, 0.1) is 19.6 Å². The normalized spacial score (nSPS) is 20.5. The Morgan fingerprint density at radius 3 is 2.66 bits per heavy atom. The fourth-order valence-corrected chi connectivity index (χ4v) is 4.24. The topological polar surface area (TPSA) is 71.1 Å². The van der Waals surface area contributed by atoms with Crippen LogP contribution in [0.2, 0.25) is 0 Å². The van der Waals surface area contributed by atoms with Gasteiger partial charge >= 0.3 is 0 Å². The van der Waals surface area contributed by atoms with Crippen LogP contribution in [0.4, 0.5) is 0 Å². The summed E-state index contributed by atoms with van der Waals surface area (Å²) >= 11 is 0. The first-order chi connectivity index (χ1) is 14.1. The second kappa shape index (κ2) is 10.6. The molecular weight excluding hydrogens is 370 g/mol. The highest BCUT2D eigenvalue weighted by Crippen LogP contribution is 2.24. The first kappa shape index (κ1) is 21.6. The Labute approximate surface area is 173 Å². The molecule has 2 amide bonds. The second-order valence-corrected chi connectivity index (χ2v) is 8.01. The molecule has 0 saturated carbocycles. The van der Waals surface area contributed by atoms with Gasteiger partial charge in [-0.3, -0.25) is 14.5 Å². The third-order valence-corrected chi connectivity index (χ3v) is 5.98. The Balaban J connectivity index is 1.51. The van der Waals surface area contributed by atoms with Crippen LogP contribution in [0.5, 0.6) is 5.75 Å². The van der Waals surface area contributed by atoms with Gasteiger partial charge in [-0.25, -0.2) is 0 Å². The van der Waals surface area contributed by atoms with Crippen molar-refractivity contribution in [3.8, 4) is 5.75 Å². The number of para-hydroxylation sites is 1. The lowest BCUT2D eigenvalue weighted by Gasteiger charge is -2.35. The van der Waals surface area contributed by atoms with E-state index in [-0.39, 0.29) is 17.7 Å². The van der Waals surface area contributed by atoms with Crippen molar-refractivity contribution in [2.24, 2.45) is 11.8 Å². The van der Waals surface area contributed by atoms with Crippen LogP contribution >= 0.6 is 0 Å². The summed E-state index contributed by atoms with van der Waals surface area (Å²) in [5.74, 6) is 1.24. The van der Waals surface area contributed by atoms with E-state index in [2.05, 4.69) is 16.3 Å². The molecule has 160 valence electrons. The van der Waals surface area contributed by atoms with Crippen LogP contribution in [0.25, 0.3) is 0 Å². The van der Waals surface area contributed by atoms with Crippen LogP contribution in [-0.2, 0) is 20.9 Å². The lowest BCUT2D eigenvalue weighted by Crippen LogP contribution is -2.44. The fraction of sp³-hybridized carbons (Fsp3) is 0.636. The number of amides is 2. The molecule has 7 nitrogen and oxygen atoms in total. The van der Waals surface area contributed by atoms with E-state index >= 15 is 0 Å². The Morgan fingerprint density at radius 1 is 1.24 bits per heavy atom. The summed E-state index contributed by atoms with van der Waals surface area (Å²) in [6, 6.07) is 8.16. The summed E-state index contributed by atoms with van der Waals surface area (Å²) < 4.78 is 10.7. The maximum absolute atomic E-state index is 12.9. The minimum Gasteiger partial charge on any atom is -0.496 e. The van der Waals surface area contributed by atoms with E-state index in [0.717, 1.165) is 44.8 Å². The van der Waals surface area contributed by atoms with E-state index in [9.17, 15) is 9.59 Å². The van der Waals surface area contributed by atoms with Gasteiger partial charge in [0.2, 0.25) is 11.8 Å². The van der Waals surface area contributed by atoms with Gasteiger partial charge in [-0.2, -0.15) is 0 Å². The van der Waals surface area contributed by atoms with Crippen molar-refractivity contribution in [1.29, 1.82) is 0 Å². The molecule has 2 aliphatic rings. The Hall–Kier alpha value is -2.12. The zero-order chi connectivity index (χ0) is 20.6. The van der Waals surface area contributed by atoms with Crippen LogP contribution < -0.4 is 10.1 Å². The number of hydrogen-bond donors (Lipinski definition) is 1. The molecule has 1 aromatic rings. The van der Waals surface area contributed by atoms with E-state index in [1.807, 2.05) is 23.1 Å². The molecule has 3 rings (SSSR count). The molecule has 0 aliphatic carbocycles. The number of benzene rings is 1. The monoisotopic (exact) mass is 403 g/mol. The third kappa shape index (κ3) is 5.93. The summed E-state index contributed by atoms with van der Waals surface area (Å²) in [5.41, 5.74) is 1.21.